The highest BCUT2D eigenvalue weighted by Gasteiger charge is 2.48. The van der Waals surface area contributed by atoms with Gasteiger partial charge in [0.25, 0.3) is 0 Å². The molecule has 5 heteroatoms. The summed E-state index contributed by atoms with van der Waals surface area (Å²) in [4.78, 5) is 11.7. The van der Waals surface area contributed by atoms with E-state index in [1.807, 2.05) is 44.2 Å². The molecule has 3 atom stereocenters. The summed E-state index contributed by atoms with van der Waals surface area (Å²) >= 11 is 0. The molecule has 0 unspecified atom stereocenters. The van der Waals surface area contributed by atoms with Crippen LogP contribution in [0.2, 0.25) is 0 Å². The highest BCUT2D eigenvalue weighted by molar-refractivity contribution is 5.69. The summed E-state index contributed by atoms with van der Waals surface area (Å²) in [7, 11) is 3.02. The lowest BCUT2D eigenvalue weighted by molar-refractivity contribution is -0.273. The van der Waals surface area contributed by atoms with Gasteiger partial charge in [0.05, 0.1) is 32.8 Å². The van der Waals surface area contributed by atoms with Crippen molar-refractivity contribution in [2.75, 3.05) is 20.8 Å². The molecule has 0 aromatic heterocycles. The molecule has 128 valence electrons. The zero-order valence-corrected chi connectivity index (χ0v) is 14.3. The lowest BCUT2D eigenvalue weighted by atomic mass is 9.75. The van der Waals surface area contributed by atoms with Crippen molar-refractivity contribution in [3.05, 3.63) is 35.9 Å². The Morgan fingerprint density at radius 1 is 1.26 bits per heavy atom. The molecule has 0 bridgehead atoms. The predicted octanol–water partition coefficient (Wildman–Crippen LogP) is 2.78. The molecule has 1 aromatic rings. The van der Waals surface area contributed by atoms with Crippen molar-refractivity contribution in [2.45, 2.75) is 39.3 Å². The SMILES string of the molecule is COC(=O)C[C@H]1CO[C@@H](OC)C(C)(C)[C@H]1OCc1ccccc1. The molecule has 2 rings (SSSR count). The third-order valence-electron chi connectivity index (χ3n) is 4.37. The number of ether oxygens (including phenoxy) is 4. The summed E-state index contributed by atoms with van der Waals surface area (Å²) < 4.78 is 22.2. The van der Waals surface area contributed by atoms with Gasteiger partial charge in [0.15, 0.2) is 6.29 Å². The number of methoxy groups -OCH3 is 2. The summed E-state index contributed by atoms with van der Waals surface area (Å²) in [6.45, 7) is 4.99. The van der Waals surface area contributed by atoms with Crippen molar-refractivity contribution in [3.8, 4) is 0 Å². The highest BCUT2D eigenvalue weighted by atomic mass is 16.7. The second-order valence-corrected chi connectivity index (χ2v) is 6.48. The fraction of sp³-hybridized carbons (Fsp3) is 0.611. The summed E-state index contributed by atoms with van der Waals surface area (Å²) in [5, 5.41) is 0. The fourth-order valence-corrected chi connectivity index (χ4v) is 3.20. The maximum Gasteiger partial charge on any atom is 0.305 e. The maximum absolute atomic E-state index is 11.7. The van der Waals surface area contributed by atoms with Crippen LogP contribution in [-0.2, 0) is 30.3 Å². The minimum atomic E-state index is -0.375. The van der Waals surface area contributed by atoms with E-state index in [-0.39, 0.29) is 36.1 Å². The Balaban J connectivity index is 2.13. The largest absolute Gasteiger partial charge is 0.469 e. The number of benzene rings is 1. The predicted molar refractivity (Wildman–Crippen MR) is 85.7 cm³/mol. The minimum Gasteiger partial charge on any atom is -0.469 e. The lowest BCUT2D eigenvalue weighted by Gasteiger charge is -2.47. The molecule has 5 nitrogen and oxygen atoms in total. The highest BCUT2D eigenvalue weighted by Crippen LogP contribution is 2.40. The zero-order chi connectivity index (χ0) is 16.9. The van der Waals surface area contributed by atoms with E-state index in [9.17, 15) is 4.79 Å². The van der Waals surface area contributed by atoms with Crippen molar-refractivity contribution in [1.82, 2.24) is 0 Å². The van der Waals surface area contributed by atoms with Gasteiger partial charge in [0, 0.05) is 18.4 Å². The molecule has 0 amide bonds. The number of hydrogen-bond acceptors (Lipinski definition) is 5. The number of esters is 1. The van der Waals surface area contributed by atoms with Gasteiger partial charge in [-0.25, -0.2) is 0 Å². The Morgan fingerprint density at radius 3 is 2.57 bits per heavy atom. The molecule has 1 aliphatic heterocycles. The van der Waals surface area contributed by atoms with E-state index in [2.05, 4.69) is 0 Å². The monoisotopic (exact) mass is 322 g/mol. The summed E-state index contributed by atoms with van der Waals surface area (Å²) in [5.41, 5.74) is 0.723. The standard InChI is InChI=1S/C18H26O5/c1-18(2)16(22-11-13-8-6-5-7-9-13)14(10-15(19)20-3)12-23-17(18)21-4/h5-9,14,16-17H,10-12H2,1-4H3/t14-,16-,17+/m0/s1. The average Bonchev–Trinajstić information content (AvgIpc) is 2.54. The van der Waals surface area contributed by atoms with Crippen LogP contribution in [0.3, 0.4) is 0 Å². The normalized spacial score (nSPS) is 26.7. The van der Waals surface area contributed by atoms with Crippen molar-refractivity contribution >= 4 is 5.97 Å². The molecule has 23 heavy (non-hydrogen) atoms. The molecular formula is C18H26O5. The number of rotatable bonds is 6. The third kappa shape index (κ3) is 4.31. The third-order valence-corrected chi connectivity index (χ3v) is 4.37. The van der Waals surface area contributed by atoms with Crippen LogP contribution in [0, 0.1) is 11.3 Å². The van der Waals surface area contributed by atoms with E-state index in [1.165, 1.54) is 7.11 Å². The molecule has 1 aromatic carbocycles. The van der Waals surface area contributed by atoms with Crippen LogP contribution >= 0.6 is 0 Å². The van der Waals surface area contributed by atoms with E-state index in [0.717, 1.165) is 5.56 Å². The van der Waals surface area contributed by atoms with Gasteiger partial charge < -0.3 is 18.9 Å². The first-order valence-electron chi connectivity index (χ1n) is 7.85. The molecule has 0 N–H and O–H groups in total. The van der Waals surface area contributed by atoms with Gasteiger partial charge >= 0.3 is 5.97 Å². The Morgan fingerprint density at radius 2 is 1.96 bits per heavy atom. The number of carbonyl (C=O) groups excluding carboxylic acids is 1. The summed E-state index contributed by atoms with van der Waals surface area (Å²) in [6.07, 6.45) is -0.256. The van der Waals surface area contributed by atoms with E-state index in [0.29, 0.717) is 13.2 Å². The first-order valence-corrected chi connectivity index (χ1v) is 7.85. The van der Waals surface area contributed by atoms with Gasteiger partial charge in [-0.1, -0.05) is 44.2 Å². The van der Waals surface area contributed by atoms with E-state index < -0.39 is 0 Å². The smallest absolute Gasteiger partial charge is 0.305 e. The molecule has 1 heterocycles. The quantitative estimate of drug-likeness (QED) is 0.754. The van der Waals surface area contributed by atoms with Crippen molar-refractivity contribution in [2.24, 2.45) is 11.3 Å². The van der Waals surface area contributed by atoms with Crippen molar-refractivity contribution in [3.63, 3.8) is 0 Å². The molecule has 1 fully saturated rings. The molecule has 0 saturated carbocycles. The van der Waals surface area contributed by atoms with Crippen molar-refractivity contribution in [1.29, 1.82) is 0 Å². The van der Waals surface area contributed by atoms with E-state index in [4.69, 9.17) is 18.9 Å². The maximum atomic E-state index is 11.7. The fourth-order valence-electron chi connectivity index (χ4n) is 3.20. The van der Waals surface area contributed by atoms with Crippen LogP contribution in [0.1, 0.15) is 25.8 Å². The Labute approximate surface area is 137 Å². The molecule has 0 spiro atoms. The number of hydrogen-bond donors (Lipinski definition) is 0. The second kappa shape index (κ2) is 7.90. The van der Waals surface area contributed by atoms with Crippen LogP contribution in [-0.4, -0.2) is 39.2 Å². The first-order chi connectivity index (χ1) is 11.0. The van der Waals surface area contributed by atoms with Gasteiger partial charge in [-0.3, -0.25) is 4.79 Å². The summed E-state index contributed by atoms with van der Waals surface area (Å²) in [5.74, 6) is -0.314. The van der Waals surface area contributed by atoms with E-state index >= 15 is 0 Å². The van der Waals surface area contributed by atoms with Crippen LogP contribution in [0.5, 0.6) is 0 Å². The molecular weight excluding hydrogens is 296 g/mol. The van der Waals surface area contributed by atoms with Crippen LogP contribution in [0.15, 0.2) is 30.3 Å². The lowest BCUT2D eigenvalue weighted by Crippen LogP contribution is -2.54. The number of carbonyl (C=O) groups is 1. The second-order valence-electron chi connectivity index (χ2n) is 6.48. The van der Waals surface area contributed by atoms with Crippen LogP contribution in [0.4, 0.5) is 0 Å². The molecule has 1 saturated heterocycles. The van der Waals surface area contributed by atoms with Gasteiger partial charge in [0.1, 0.15) is 0 Å². The van der Waals surface area contributed by atoms with Crippen LogP contribution in [0.25, 0.3) is 0 Å². The molecule has 0 aliphatic carbocycles. The zero-order valence-electron chi connectivity index (χ0n) is 14.3. The first kappa shape index (κ1) is 17.9. The van der Waals surface area contributed by atoms with Gasteiger partial charge in [0.2, 0.25) is 0 Å². The van der Waals surface area contributed by atoms with Gasteiger partial charge in [-0.05, 0) is 5.56 Å². The Kier molecular flexibility index (Phi) is 6.16. The van der Waals surface area contributed by atoms with Crippen LogP contribution < -0.4 is 0 Å². The summed E-state index contributed by atoms with van der Waals surface area (Å²) in [6, 6.07) is 9.99. The minimum absolute atomic E-state index is 0.0624. The van der Waals surface area contributed by atoms with Gasteiger partial charge in [-0.2, -0.15) is 0 Å². The average molecular weight is 322 g/mol. The van der Waals surface area contributed by atoms with Crippen molar-refractivity contribution < 1.29 is 23.7 Å². The van der Waals surface area contributed by atoms with Gasteiger partial charge in [-0.15, -0.1) is 0 Å². The topological polar surface area (TPSA) is 54.0 Å². The Hall–Kier alpha value is -1.43. The Bertz CT molecular complexity index is 499. The molecule has 0 radical (unpaired) electrons. The molecule has 1 aliphatic rings. The van der Waals surface area contributed by atoms with E-state index in [1.54, 1.807) is 7.11 Å².